The van der Waals surface area contributed by atoms with Gasteiger partial charge in [0, 0.05) is 24.0 Å². The summed E-state index contributed by atoms with van der Waals surface area (Å²) >= 11 is 1.01. The Morgan fingerprint density at radius 2 is 1.72 bits per heavy atom. The van der Waals surface area contributed by atoms with E-state index >= 15 is 0 Å². The van der Waals surface area contributed by atoms with E-state index in [-0.39, 0.29) is 16.7 Å². The first-order valence-corrected chi connectivity index (χ1v) is 10.6. The van der Waals surface area contributed by atoms with E-state index in [1.165, 1.54) is 12.1 Å². The van der Waals surface area contributed by atoms with Crippen molar-refractivity contribution < 1.29 is 22.8 Å². The van der Waals surface area contributed by atoms with Crippen LogP contribution in [0.15, 0.2) is 36.4 Å². The van der Waals surface area contributed by atoms with Crippen molar-refractivity contribution >= 4 is 34.6 Å². The van der Waals surface area contributed by atoms with Crippen molar-refractivity contribution in [1.29, 1.82) is 0 Å². The van der Waals surface area contributed by atoms with Gasteiger partial charge in [0.15, 0.2) is 11.6 Å². The van der Waals surface area contributed by atoms with Crippen LogP contribution < -0.4 is 10.6 Å². The van der Waals surface area contributed by atoms with Gasteiger partial charge in [-0.15, -0.1) is 10.2 Å². The zero-order valence-corrected chi connectivity index (χ0v) is 17.7. The standard InChI is InChI=1S/C21H18F3N5O2S/c1-11-4-5-13(9-15(11)23)26-21(31)29-8-2-3-17(29)19-27-28-20(32-19)18(30)25-12-6-7-14(22)16(24)10-12/h4-7,9-10,17H,2-3,8H2,1H3,(H,25,30)(H,26,31). The SMILES string of the molecule is Cc1ccc(NC(=O)N2CCCC2c2nnc(C(=O)Nc3ccc(F)c(F)c3)s2)cc1F. The van der Waals surface area contributed by atoms with Crippen molar-refractivity contribution in [2.75, 3.05) is 17.2 Å². The van der Waals surface area contributed by atoms with Crippen molar-refractivity contribution in [1.82, 2.24) is 15.1 Å². The number of likely N-dealkylation sites (tertiary alicyclic amines) is 1. The number of hydrogen-bond donors (Lipinski definition) is 2. The summed E-state index contributed by atoms with van der Waals surface area (Å²) in [6.45, 7) is 2.11. The van der Waals surface area contributed by atoms with Crippen LogP contribution in [0.3, 0.4) is 0 Å². The molecule has 2 heterocycles. The van der Waals surface area contributed by atoms with Crippen LogP contribution in [0.5, 0.6) is 0 Å². The summed E-state index contributed by atoms with van der Waals surface area (Å²) in [4.78, 5) is 26.7. The highest BCUT2D eigenvalue weighted by Crippen LogP contribution is 2.34. The smallest absolute Gasteiger partial charge is 0.320 e. The molecule has 4 rings (SSSR count). The Balaban J connectivity index is 1.45. The van der Waals surface area contributed by atoms with Crippen LogP contribution in [0, 0.1) is 24.4 Å². The molecule has 3 amide bonds. The first-order valence-electron chi connectivity index (χ1n) is 9.75. The molecule has 0 aliphatic carbocycles. The average Bonchev–Trinajstić information content (AvgIpc) is 3.43. The van der Waals surface area contributed by atoms with Crippen molar-refractivity contribution in [3.05, 3.63) is 69.4 Å². The zero-order chi connectivity index (χ0) is 22.8. The number of carbonyl (C=O) groups excluding carboxylic acids is 2. The number of halogens is 3. The largest absolute Gasteiger partial charge is 0.322 e. The second kappa shape index (κ2) is 8.95. The molecule has 7 nitrogen and oxygen atoms in total. The first-order chi connectivity index (χ1) is 15.3. The van der Waals surface area contributed by atoms with E-state index in [9.17, 15) is 22.8 Å². The number of benzene rings is 2. The van der Waals surface area contributed by atoms with Gasteiger partial charge in [-0.1, -0.05) is 17.4 Å². The minimum atomic E-state index is -1.08. The summed E-state index contributed by atoms with van der Waals surface area (Å²) in [6, 6.07) is 6.67. The van der Waals surface area contributed by atoms with E-state index in [2.05, 4.69) is 20.8 Å². The minimum absolute atomic E-state index is 0.0256. The molecule has 0 saturated carbocycles. The Kier molecular flexibility index (Phi) is 6.08. The molecule has 0 radical (unpaired) electrons. The lowest BCUT2D eigenvalue weighted by Gasteiger charge is -2.23. The monoisotopic (exact) mass is 461 g/mol. The van der Waals surface area contributed by atoms with Gasteiger partial charge in [-0.2, -0.15) is 0 Å². The normalized spacial score (nSPS) is 15.6. The summed E-state index contributed by atoms with van der Waals surface area (Å²) in [5, 5.41) is 13.5. The van der Waals surface area contributed by atoms with Gasteiger partial charge in [0.25, 0.3) is 5.91 Å². The molecule has 1 unspecified atom stereocenters. The van der Waals surface area contributed by atoms with Crippen LogP contribution in [0.2, 0.25) is 0 Å². The molecule has 32 heavy (non-hydrogen) atoms. The maximum absolute atomic E-state index is 13.8. The summed E-state index contributed by atoms with van der Waals surface area (Å²) in [5.74, 6) is -3.14. The molecule has 1 aliphatic rings. The van der Waals surface area contributed by atoms with Crippen LogP contribution >= 0.6 is 11.3 Å². The average molecular weight is 461 g/mol. The number of nitrogens with zero attached hydrogens (tertiary/aromatic N) is 3. The predicted octanol–water partition coefficient (Wildman–Crippen LogP) is 4.89. The Bertz CT molecular complexity index is 1190. The van der Waals surface area contributed by atoms with Crippen LogP contribution in [0.25, 0.3) is 0 Å². The molecule has 1 fully saturated rings. The first kappa shape index (κ1) is 21.8. The molecule has 1 aromatic heterocycles. The molecular weight excluding hydrogens is 443 g/mol. The summed E-state index contributed by atoms with van der Waals surface area (Å²) in [5.41, 5.74) is 0.899. The number of amides is 3. The number of carbonyl (C=O) groups is 2. The second-order valence-corrected chi connectivity index (χ2v) is 8.28. The molecule has 2 aromatic carbocycles. The van der Waals surface area contributed by atoms with Gasteiger partial charge >= 0.3 is 6.03 Å². The summed E-state index contributed by atoms with van der Waals surface area (Å²) in [6.07, 6.45) is 1.37. The summed E-state index contributed by atoms with van der Waals surface area (Å²) < 4.78 is 40.2. The minimum Gasteiger partial charge on any atom is -0.320 e. The highest BCUT2D eigenvalue weighted by Gasteiger charge is 2.33. The number of rotatable bonds is 4. The van der Waals surface area contributed by atoms with Gasteiger partial charge in [-0.3, -0.25) is 4.79 Å². The van der Waals surface area contributed by atoms with E-state index in [1.54, 1.807) is 24.0 Å². The molecule has 1 saturated heterocycles. The van der Waals surface area contributed by atoms with Gasteiger partial charge in [-0.25, -0.2) is 18.0 Å². The van der Waals surface area contributed by atoms with Gasteiger partial charge in [0.2, 0.25) is 5.01 Å². The van der Waals surface area contributed by atoms with E-state index in [1.807, 2.05) is 0 Å². The van der Waals surface area contributed by atoms with Crippen molar-refractivity contribution in [3.63, 3.8) is 0 Å². The van der Waals surface area contributed by atoms with Gasteiger partial charge < -0.3 is 15.5 Å². The molecule has 0 spiro atoms. The van der Waals surface area contributed by atoms with E-state index < -0.39 is 29.4 Å². The number of anilines is 2. The molecule has 0 bridgehead atoms. The fraction of sp³-hybridized carbons (Fsp3) is 0.238. The molecule has 1 aliphatic heterocycles. The Hall–Kier alpha value is -3.47. The Morgan fingerprint density at radius 3 is 2.47 bits per heavy atom. The van der Waals surface area contributed by atoms with Gasteiger partial charge in [0.05, 0.1) is 6.04 Å². The topological polar surface area (TPSA) is 87.2 Å². The number of nitrogens with one attached hydrogen (secondary N) is 2. The lowest BCUT2D eigenvalue weighted by atomic mass is 10.2. The van der Waals surface area contributed by atoms with Crippen LogP contribution in [0.1, 0.15) is 39.3 Å². The maximum atomic E-state index is 13.8. The van der Waals surface area contributed by atoms with Crippen molar-refractivity contribution in [2.45, 2.75) is 25.8 Å². The van der Waals surface area contributed by atoms with Crippen LogP contribution in [-0.2, 0) is 0 Å². The highest BCUT2D eigenvalue weighted by atomic mass is 32.1. The third kappa shape index (κ3) is 4.57. The number of urea groups is 1. The lowest BCUT2D eigenvalue weighted by Crippen LogP contribution is -2.34. The molecule has 2 N–H and O–H groups in total. The summed E-state index contributed by atoms with van der Waals surface area (Å²) in [7, 11) is 0. The predicted molar refractivity (Wildman–Crippen MR) is 113 cm³/mol. The zero-order valence-electron chi connectivity index (χ0n) is 16.9. The van der Waals surface area contributed by atoms with E-state index in [0.29, 0.717) is 29.2 Å². The lowest BCUT2D eigenvalue weighted by molar-refractivity contribution is 0.102. The van der Waals surface area contributed by atoms with Crippen molar-refractivity contribution in [2.24, 2.45) is 0 Å². The quantitative estimate of drug-likeness (QED) is 0.580. The third-order valence-corrected chi connectivity index (χ3v) is 6.06. The fourth-order valence-corrected chi connectivity index (χ4v) is 4.24. The fourth-order valence-electron chi connectivity index (χ4n) is 3.35. The highest BCUT2D eigenvalue weighted by molar-refractivity contribution is 7.13. The van der Waals surface area contributed by atoms with Gasteiger partial charge in [0.1, 0.15) is 10.8 Å². The number of aryl methyl sites for hydroxylation is 1. The van der Waals surface area contributed by atoms with E-state index in [4.69, 9.17) is 0 Å². The molecule has 3 aromatic rings. The van der Waals surface area contributed by atoms with Crippen LogP contribution in [-0.4, -0.2) is 33.6 Å². The van der Waals surface area contributed by atoms with Gasteiger partial charge in [-0.05, 0) is 49.6 Å². The molecular formula is C21H18F3N5O2S. The molecule has 11 heteroatoms. The Labute approximate surface area is 185 Å². The Morgan fingerprint density at radius 1 is 1.00 bits per heavy atom. The molecule has 166 valence electrons. The van der Waals surface area contributed by atoms with Crippen molar-refractivity contribution in [3.8, 4) is 0 Å². The second-order valence-electron chi connectivity index (χ2n) is 7.27. The number of hydrogen-bond acceptors (Lipinski definition) is 5. The molecule has 1 atom stereocenters. The van der Waals surface area contributed by atoms with Crippen LogP contribution in [0.4, 0.5) is 29.3 Å². The maximum Gasteiger partial charge on any atom is 0.322 e. The number of aromatic nitrogens is 2. The third-order valence-electron chi connectivity index (χ3n) is 5.03. The van der Waals surface area contributed by atoms with E-state index in [0.717, 1.165) is 29.9 Å².